The highest BCUT2D eigenvalue weighted by molar-refractivity contribution is 5.80. The molecule has 1 heterocycles. The van der Waals surface area contributed by atoms with E-state index in [4.69, 9.17) is 0 Å². The molecule has 108 valence electrons. The molecule has 1 N–H and O–H groups in total. The van der Waals surface area contributed by atoms with Crippen molar-refractivity contribution in [3.05, 3.63) is 35.9 Å². The Morgan fingerprint density at radius 2 is 1.80 bits per heavy atom. The van der Waals surface area contributed by atoms with E-state index in [1.807, 2.05) is 0 Å². The van der Waals surface area contributed by atoms with E-state index in [0.717, 1.165) is 24.7 Å². The Morgan fingerprint density at radius 3 is 2.45 bits per heavy atom. The summed E-state index contributed by atoms with van der Waals surface area (Å²) in [4.78, 5) is 12.0. The van der Waals surface area contributed by atoms with Gasteiger partial charge in [0.1, 0.15) is 0 Å². The van der Waals surface area contributed by atoms with Gasteiger partial charge < -0.3 is 5.32 Å². The van der Waals surface area contributed by atoms with Crippen LogP contribution in [0.25, 0.3) is 0 Å². The molecule has 1 aliphatic carbocycles. The molecule has 2 aliphatic rings. The summed E-state index contributed by atoms with van der Waals surface area (Å²) in [5.41, 5.74) is 1.54. The summed E-state index contributed by atoms with van der Waals surface area (Å²) < 4.78 is 0. The van der Waals surface area contributed by atoms with Crippen molar-refractivity contribution >= 4 is 5.91 Å². The number of hydrogen-bond acceptors (Lipinski definition) is 1. The number of carbonyl (C=O) groups excluding carboxylic acids is 1. The lowest BCUT2D eigenvalue weighted by Gasteiger charge is -2.43. The van der Waals surface area contributed by atoms with Crippen LogP contribution in [0.5, 0.6) is 0 Å². The van der Waals surface area contributed by atoms with E-state index in [1.54, 1.807) is 0 Å². The van der Waals surface area contributed by atoms with Crippen LogP contribution in [0, 0.1) is 17.3 Å². The van der Waals surface area contributed by atoms with Crippen molar-refractivity contribution in [2.75, 3.05) is 0 Å². The molecule has 20 heavy (non-hydrogen) atoms. The fourth-order valence-corrected chi connectivity index (χ4v) is 4.71. The van der Waals surface area contributed by atoms with Gasteiger partial charge in [-0.1, -0.05) is 44.2 Å². The van der Waals surface area contributed by atoms with Crippen molar-refractivity contribution in [3.63, 3.8) is 0 Å². The third-order valence-corrected chi connectivity index (χ3v) is 5.18. The minimum absolute atomic E-state index is 0.198. The van der Waals surface area contributed by atoms with Gasteiger partial charge in [-0.15, -0.1) is 0 Å². The standard InChI is InChI=1S/C18H25NO/c1-13-8-14(2)11-18(10-13)12-17(20)19-16(18)9-15-6-4-3-5-7-15/h3-7,13-14,16H,8-12H2,1-2H3,(H,19,20). The van der Waals surface area contributed by atoms with Crippen LogP contribution < -0.4 is 5.32 Å². The van der Waals surface area contributed by atoms with Crippen molar-refractivity contribution in [2.45, 2.75) is 52.0 Å². The molecule has 1 aromatic rings. The average Bonchev–Trinajstić information content (AvgIpc) is 2.64. The molecule has 1 saturated heterocycles. The predicted molar refractivity (Wildman–Crippen MR) is 81.3 cm³/mol. The zero-order valence-corrected chi connectivity index (χ0v) is 12.6. The van der Waals surface area contributed by atoms with Crippen LogP contribution in [0.1, 0.15) is 45.1 Å². The first kappa shape index (κ1) is 13.7. The second kappa shape index (κ2) is 5.23. The van der Waals surface area contributed by atoms with Gasteiger partial charge in [0.2, 0.25) is 5.91 Å². The fourth-order valence-electron chi connectivity index (χ4n) is 4.71. The molecule has 3 rings (SSSR count). The summed E-state index contributed by atoms with van der Waals surface area (Å²) in [6.07, 6.45) is 5.43. The average molecular weight is 271 g/mol. The molecule has 1 amide bonds. The lowest BCUT2D eigenvalue weighted by Crippen LogP contribution is -2.43. The van der Waals surface area contributed by atoms with Gasteiger partial charge in [0.05, 0.1) is 0 Å². The van der Waals surface area contributed by atoms with E-state index < -0.39 is 0 Å². The van der Waals surface area contributed by atoms with Gasteiger partial charge in [-0.2, -0.15) is 0 Å². The maximum absolute atomic E-state index is 12.0. The largest absolute Gasteiger partial charge is 0.352 e. The summed E-state index contributed by atoms with van der Waals surface area (Å²) in [6, 6.07) is 10.9. The number of carbonyl (C=O) groups is 1. The van der Waals surface area contributed by atoms with Gasteiger partial charge in [-0.05, 0) is 43.1 Å². The topological polar surface area (TPSA) is 29.1 Å². The SMILES string of the molecule is CC1CC(C)CC2(CC(=O)NC2Cc2ccccc2)C1. The first-order valence-corrected chi connectivity index (χ1v) is 7.91. The Labute approximate surface area is 122 Å². The summed E-state index contributed by atoms with van der Waals surface area (Å²) in [7, 11) is 0. The number of amides is 1. The minimum Gasteiger partial charge on any atom is -0.352 e. The molecule has 2 nitrogen and oxygen atoms in total. The Kier molecular flexibility index (Phi) is 3.57. The fraction of sp³-hybridized carbons (Fsp3) is 0.611. The molecule has 3 atom stereocenters. The maximum Gasteiger partial charge on any atom is 0.220 e. The molecule has 0 aromatic heterocycles. The van der Waals surface area contributed by atoms with Crippen molar-refractivity contribution in [1.29, 1.82) is 0 Å². The van der Waals surface area contributed by atoms with Crippen LogP contribution >= 0.6 is 0 Å². The smallest absolute Gasteiger partial charge is 0.220 e. The molecular formula is C18H25NO. The van der Waals surface area contributed by atoms with E-state index >= 15 is 0 Å². The second-order valence-corrected chi connectivity index (χ2v) is 7.20. The molecule has 0 radical (unpaired) electrons. The number of benzene rings is 1. The third-order valence-electron chi connectivity index (χ3n) is 5.18. The Hall–Kier alpha value is -1.31. The highest BCUT2D eigenvalue weighted by atomic mass is 16.2. The maximum atomic E-state index is 12.0. The molecule has 1 aliphatic heterocycles. The van der Waals surface area contributed by atoms with Crippen LogP contribution in [0.3, 0.4) is 0 Å². The molecule has 2 fully saturated rings. The van der Waals surface area contributed by atoms with E-state index in [-0.39, 0.29) is 11.3 Å². The molecule has 2 heteroatoms. The third kappa shape index (κ3) is 2.61. The second-order valence-electron chi connectivity index (χ2n) is 7.20. The molecule has 1 saturated carbocycles. The first-order chi connectivity index (χ1) is 9.57. The monoisotopic (exact) mass is 271 g/mol. The number of nitrogens with one attached hydrogen (secondary N) is 1. The quantitative estimate of drug-likeness (QED) is 0.875. The van der Waals surface area contributed by atoms with Crippen molar-refractivity contribution < 1.29 is 4.79 Å². The predicted octanol–water partition coefficient (Wildman–Crippen LogP) is 3.56. The van der Waals surface area contributed by atoms with Crippen LogP contribution in [-0.2, 0) is 11.2 Å². The van der Waals surface area contributed by atoms with Crippen LogP contribution in [0.4, 0.5) is 0 Å². The summed E-state index contributed by atoms with van der Waals surface area (Å²) in [5, 5.41) is 3.27. The summed E-state index contributed by atoms with van der Waals surface area (Å²) in [5.74, 6) is 1.74. The molecule has 1 spiro atoms. The Bertz CT molecular complexity index is 471. The van der Waals surface area contributed by atoms with Gasteiger partial charge in [0.25, 0.3) is 0 Å². The van der Waals surface area contributed by atoms with Gasteiger partial charge >= 0.3 is 0 Å². The lowest BCUT2D eigenvalue weighted by molar-refractivity contribution is -0.120. The van der Waals surface area contributed by atoms with Crippen LogP contribution in [0.15, 0.2) is 30.3 Å². The number of hydrogen-bond donors (Lipinski definition) is 1. The van der Waals surface area contributed by atoms with E-state index in [0.29, 0.717) is 6.04 Å². The molecule has 1 aromatic carbocycles. The molecule has 3 unspecified atom stereocenters. The zero-order chi connectivity index (χ0) is 14.2. The Morgan fingerprint density at radius 1 is 1.15 bits per heavy atom. The molecule has 0 bridgehead atoms. The summed E-state index contributed by atoms with van der Waals surface area (Å²) in [6.45, 7) is 4.69. The first-order valence-electron chi connectivity index (χ1n) is 7.91. The van der Waals surface area contributed by atoms with Gasteiger partial charge in [0.15, 0.2) is 0 Å². The Balaban J connectivity index is 1.83. The minimum atomic E-state index is 0.198. The van der Waals surface area contributed by atoms with E-state index in [9.17, 15) is 4.79 Å². The van der Waals surface area contributed by atoms with Crippen LogP contribution in [0.2, 0.25) is 0 Å². The highest BCUT2D eigenvalue weighted by Crippen LogP contribution is 2.50. The summed E-state index contributed by atoms with van der Waals surface area (Å²) >= 11 is 0. The zero-order valence-electron chi connectivity index (χ0n) is 12.6. The van der Waals surface area contributed by atoms with Crippen LogP contribution in [-0.4, -0.2) is 11.9 Å². The van der Waals surface area contributed by atoms with E-state index in [2.05, 4.69) is 49.5 Å². The van der Waals surface area contributed by atoms with Gasteiger partial charge in [-0.25, -0.2) is 0 Å². The molecular weight excluding hydrogens is 246 g/mol. The lowest BCUT2D eigenvalue weighted by atomic mass is 9.62. The normalized spacial score (nSPS) is 37.1. The van der Waals surface area contributed by atoms with Gasteiger partial charge in [-0.3, -0.25) is 4.79 Å². The van der Waals surface area contributed by atoms with Crippen molar-refractivity contribution in [2.24, 2.45) is 17.3 Å². The highest BCUT2D eigenvalue weighted by Gasteiger charge is 2.49. The van der Waals surface area contributed by atoms with Crippen molar-refractivity contribution in [1.82, 2.24) is 5.32 Å². The van der Waals surface area contributed by atoms with E-state index in [1.165, 1.54) is 24.8 Å². The number of rotatable bonds is 2. The van der Waals surface area contributed by atoms with Crippen molar-refractivity contribution in [3.8, 4) is 0 Å². The van der Waals surface area contributed by atoms with Gasteiger partial charge in [0, 0.05) is 17.9 Å².